The zero-order valence-corrected chi connectivity index (χ0v) is 5.58. The van der Waals surface area contributed by atoms with E-state index in [0.717, 1.165) is 12.8 Å². The first kappa shape index (κ1) is 6.92. The number of nitrogens with one attached hydrogen (secondary N) is 1. The lowest BCUT2D eigenvalue weighted by atomic mass is 10.3. The Morgan fingerprint density at radius 2 is 2.50 bits per heavy atom. The van der Waals surface area contributed by atoms with E-state index in [9.17, 15) is 4.79 Å². The molecule has 0 fully saturated rings. The second-order valence-electron chi connectivity index (χ2n) is 2.11. The summed E-state index contributed by atoms with van der Waals surface area (Å²) in [5.41, 5.74) is 2.63. The van der Waals surface area contributed by atoms with Gasteiger partial charge in [0.05, 0.1) is 0 Å². The molecule has 0 saturated carbocycles. The molecule has 0 bridgehead atoms. The molecule has 0 unspecified atom stereocenters. The van der Waals surface area contributed by atoms with Crippen LogP contribution in [0, 0.1) is 0 Å². The Labute approximate surface area is 59.1 Å². The van der Waals surface area contributed by atoms with Crippen molar-refractivity contribution < 1.29 is 9.90 Å². The Hall–Kier alpha value is -1.19. The van der Waals surface area contributed by atoms with Gasteiger partial charge in [-0.25, -0.2) is 9.80 Å². The molecule has 0 saturated heterocycles. The number of carboxylic acid groups (broad SMARTS) is 1. The predicted octanol–water partition coefficient (Wildman–Crippen LogP) is 0.778. The highest BCUT2D eigenvalue weighted by molar-refractivity contribution is 5.64. The zero-order chi connectivity index (χ0) is 7.40. The average Bonchev–Trinajstić information content (AvgIpc) is 2.12. The van der Waals surface area contributed by atoms with Crippen LogP contribution in [0.4, 0.5) is 4.79 Å². The summed E-state index contributed by atoms with van der Waals surface area (Å²) in [6.07, 6.45) is 4.47. The normalized spacial score (nSPS) is 17.8. The molecule has 0 radical (unpaired) electrons. The van der Waals surface area contributed by atoms with E-state index in [2.05, 4.69) is 5.43 Å². The first-order chi connectivity index (χ1) is 4.80. The topological polar surface area (TPSA) is 52.6 Å². The Kier molecular flexibility index (Phi) is 2.15. The molecule has 1 aliphatic heterocycles. The average molecular weight is 142 g/mol. The molecular formula is C6H10N2O2. The molecule has 10 heavy (non-hydrogen) atoms. The highest BCUT2D eigenvalue weighted by Crippen LogP contribution is 1.98. The smallest absolute Gasteiger partial charge is 0.426 e. The molecule has 0 aromatic rings. The van der Waals surface area contributed by atoms with E-state index >= 15 is 0 Å². The minimum atomic E-state index is -0.924. The Morgan fingerprint density at radius 1 is 1.70 bits per heavy atom. The summed E-state index contributed by atoms with van der Waals surface area (Å²) in [5.74, 6) is 0. The van der Waals surface area contributed by atoms with Crippen LogP contribution in [0.25, 0.3) is 0 Å². The van der Waals surface area contributed by atoms with Crippen LogP contribution >= 0.6 is 0 Å². The van der Waals surface area contributed by atoms with Gasteiger partial charge in [0.15, 0.2) is 0 Å². The van der Waals surface area contributed by atoms with Gasteiger partial charge in [-0.1, -0.05) is 6.08 Å². The van der Waals surface area contributed by atoms with E-state index in [1.807, 2.05) is 6.08 Å². The van der Waals surface area contributed by atoms with Crippen LogP contribution in [-0.4, -0.2) is 22.8 Å². The van der Waals surface area contributed by atoms with Gasteiger partial charge >= 0.3 is 6.09 Å². The fourth-order valence-corrected chi connectivity index (χ4v) is 0.809. The lowest BCUT2D eigenvalue weighted by Crippen LogP contribution is -2.38. The molecule has 4 nitrogen and oxygen atoms in total. The first-order valence-electron chi connectivity index (χ1n) is 3.22. The lowest BCUT2D eigenvalue weighted by Gasteiger charge is -2.15. The van der Waals surface area contributed by atoms with Crippen LogP contribution in [0.2, 0.25) is 0 Å². The van der Waals surface area contributed by atoms with Gasteiger partial charge in [-0.3, -0.25) is 0 Å². The van der Waals surface area contributed by atoms with Crippen molar-refractivity contribution in [1.82, 2.24) is 10.4 Å². The summed E-state index contributed by atoms with van der Waals surface area (Å²) in [7, 11) is 0. The summed E-state index contributed by atoms with van der Waals surface area (Å²) in [4.78, 5) is 10.3. The maximum atomic E-state index is 10.3. The van der Waals surface area contributed by atoms with Crippen LogP contribution in [0.15, 0.2) is 12.3 Å². The third-order valence-electron chi connectivity index (χ3n) is 1.33. The van der Waals surface area contributed by atoms with E-state index < -0.39 is 6.09 Å². The summed E-state index contributed by atoms with van der Waals surface area (Å²) in [6, 6.07) is 0. The number of hydrazine groups is 1. The van der Waals surface area contributed by atoms with E-state index in [4.69, 9.17) is 5.11 Å². The molecule has 0 aromatic heterocycles. The van der Waals surface area contributed by atoms with E-state index in [1.165, 1.54) is 5.01 Å². The maximum Gasteiger partial charge on any atom is 0.426 e. The van der Waals surface area contributed by atoms with Crippen molar-refractivity contribution in [3.05, 3.63) is 12.3 Å². The second kappa shape index (κ2) is 3.10. The van der Waals surface area contributed by atoms with Crippen molar-refractivity contribution in [3.63, 3.8) is 0 Å². The van der Waals surface area contributed by atoms with Crippen molar-refractivity contribution >= 4 is 6.09 Å². The number of amides is 1. The van der Waals surface area contributed by atoms with Crippen molar-refractivity contribution in [3.8, 4) is 0 Å². The van der Waals surface area contributed by atoms with Gasteiger partial charge in [-0.2, -0.15) is 0 Å². The quantitative estimate of drug-likeness (QED) is 0.525. The van der Waals surface area contributed by atoms with Crippen LogP contribution in [0.1, 0.15) is 12.8 Å². The Bertz CT molecular complexity index is 156. The van der Waals surface area contributed by atoms with Crippen LogP contribution in [0.5, 0.6) is 0 Å². The van der Waals surface area contributed by atoms with Gasteiger partial charge in [-0.15, -0.1) is 0 Å². The van der Waals surface area contributed by atoms with Gasteiger partial charge in [0.1, 0.15) is 0 Å². The van der Waals surface area contributed by atoms with Crippen LogP contribution < -0.4 is 5.43 Å². The number of hydrogen-bond acceptors (Lipinski definition) is 2. The Balaban J connectivity index is 2.45. The summed E-state index contributed by atoms with van der Waals surface area (Å²) >= 11 is 0. The number of carbonyl (C=O) groups is 1. The van der Waals surface area contributed by atoms with Gasteiger partial charge in [0, 0.05) is 12.7 Å². The van der Waals surface area contributed by atoms with E-state index in [1.54, 1.807) is 6.20 Å². The van der Waals surface area contributed by atoms with Gasteiger partial charge in [0.2, 0.25) is 0 Å². The lowest BCUT2D eigenvalue weighted by molar-refractivity contribution is 0.131. The van der Waals surface area contributed by atoms with E-state index in [-0.39, 0.29) is 0 Å². The highest BCUT2D eigenvalue weighted by Gasteiger charge is 2.09. The first-order valence-corrected chi connectivity index (χ1v) is 3.22. The summed E-state index contributed by atoms with van der Waals surface area (Å²) < 4.78 is 0. The van der Waals surface area contributed by atoms with Gasteiger partial charge < -0.3 is 10.5 Å². The monoisotopic (exact) mass is 142 g/mol. The highest BCUT2D eigenvalue weighted by atomic mass is 16.4. The summed E-state index contributed by atoms with van der Waals surface area (Å²) in [5, 5.41) is 9.66. The van der Waals surface area contributed by atoms with Crippen molar-refractivity contribution in [1.29, 1.82) is 0 Å². The van der Waals surface area contributed by atoms with Crippen molar-refractivity contribution in [2.24, 2.45) is 0 Å². The minimum Gasteiger partial charge on any atom is -0.464 e. The fourth-order valence-electron chi connectivity index (χ4n) is 0.809. The maximum absolute atomic E-state index is 10.3. The fraction of sp³-hybridized carbons (Fsp3) is 0.500. The number of rotatable bonds is 0. The molecule has 4 heteroatoms. The molecular weight excluding hydrogens is 132 g/mol. The molecule has 1 aliphatic rings. The molecule has 2 N–H and O–H groups in total. The standard InChI is InChI=1S/C6H10N2O2/c9-6(10)8-5-3-1-2-4-7-8/h2,4,7H,1,3,5H2,(H,9,10). The Morgan fingerprint density at radius 3 is 3.20 bits per heavy atom. The van der Waals surface area contributed by atoms with Crippen molar-refractivity contribution in [2.75, 3.05) is 6.54 Å². The molecule has 0 spiro atoms. The molecule has 1 amide bonds. The number of allylic oxidation sites excluding steroid dienone is 1. The van der Waals surface area contributed by atoms with E-state index in [0.29, 0.717) is 6.54 Å². The zero-order valence-electron chi connectivity index (χ0n) is 5.58. The molecule has 0 aromatic carbocycles. The SMILES string of the molecule is O=C(O)N1CCCC=CN1. The molecule has 56 valence electrons. The largest absolute Gasteiger partial charge is 0.464 e. The number of hydrogen-bond donors (Lipinski definition) is 2. The van der Waals surface area contributed by atoms with Gasteiger partial charge in [-0.05, 0) is 12.8 Å². The third-order valence-corrected chi connectivity index (χ3v) is 1.33. The second-order valence-corrected chi connectivity index (χ2v) is 2.11. The minimum absolute atomic E-state index is 0.558. The van der Waals surface area contributed by atoms with Gasteiger partial charge in [0.25, 0.3) is 0 Å². The summed E-state index contributed by atoms with van der Waals surface area (Å²) in [6.45, 7) is 0.558. The molecule has 0 atom stereocenters. The molecule has 1 heterocycles. The third kappa shape index (κ3) is 1.65. The van der Waals surface area contributed by atoms with Crippen molar-refractivity contribution in [2.45, 2.75) is 12.8 Å². The van der Waals surface area contributed by atoms with Crippen LogP contribution in [-0.2, 0) is 0 Å². The molecule has 1 rings (SSSR count). The predicted molar refractivity (Wildman–Crippen MR) is 36.2 cm³/mol. The molecule has 0 aliphatic carbocycles. The number of nitrogens with zero attached hydrogens (tertiary/aromatic N) is 1. The van der Waals surface area contributed by atoms with Crippen LogP contribution in [0.3, 0.4) is 0 Å².